The number of aliphatic hydroxyl groups is 2. The number of imidazole rings is 1. The number of nitrogens with one attached hydrogen (secondary N) is 2. The number of hydrogen-bond acceptors (Lipinski definition) is 6. The van der Waals surface area contributed by atoms with Crippen LogP contribution >= 0.6 is 0 Å². The van der Waals surface area contributed by atoms with Crippen molar-refractivity contribution in [2.45, 2.75) is 75.8 Å². The molecule has 6 unspecified atom stereocenters. The molecular formula is C28H34N4O4. The summed E-state index contributed by atoms with van der Waals surface area (Å²) in [5.74, 6) is -2.28. The highest BCUT2D eigenvalue weighted by Crippen LogP contribution is 2.53. The van der Waals surface area contributed by atoms with Gasteiger partial charge in [-0.1, -0.05) is 26.0 Å². The van der Waals surface area contributed by atoms with Crippen LogP contribution in [0.1, 0.15) is 97.5 Å². The van der Waals surface area contributed by atoms with E-state index in [0.717, 1.165) is 24.8 Å². The molecule has 3 heterocycles. The minimum absolute atomic E-state index is 0.0210. The van der Waals surface area contributed by atoms with Crippen molar-refractivity contribution in [3.63, 3.8) is 0 Å². The molecule has 0 saturated carbocycles. The summed E-state index contributed by atoms with van der Waals surface area (Å²) < 4.78 is 41.7. The van der Waals surface area contributed by atoms with Gasteiger partial charge in [0, 0.05) is 16.7 Å². The van der Waals surface area contributed by atoms with Gasteiger partial charge in [-0.2, -0.15) is 5.26 Å². The molecule has 6 atom stereocenters. The first-order valence-electron chi connectivity index (χ1n) is 14.4. The Morgan fingerprint density at radius 2 is 2.14 bits per heavy atom. The third kappa shape index (κ3) is 4.59. The molecule has 1 aromatic carbocycles. The second-order valence-electron chi connectivity index (χ2n) is 10.7. The fourth-order valence-corrected chi connectivity index (χ4v) is 5.15. The maximum Gasteiger partial charge on any atom is 0.291 e. The molecule has 8 heteroatoms. The number of hydrogen-bond donors (Lipinski definition) is 4. The van der Waals surface area contributed by atoms with Crippen LogP contribution in [-0.4, -0.2) is 50.5 Å². The van der Waals surface area contributed by atoms with E-state index in [9.17, 15) is 16.4 Å². The number of fused-ring (bicyclic) bond motifs is 2. The van der Waals surface area contributed by atoms with Crippen LogP contribution in [0.3, 0.4) is 0 Å². The van der Waals surface area contributed by atoms with Crippen molar-refractivity contribution in [2.75, 3.05) is 18.5 Å². The largest absolute Gasteiger partial charge is 0.393 e. The Balaban J connectivity index is 1.59. The number of benzene rings is 1. The highest BCUT2D eigenvalue weighted by Gasteiger charge is 2.55. The molecular weight excluding hydrogens is 456 g/mol. The lowest BCUT2D eigenvalue weighted by Gasteiger charge is -2.43. The third-order valence-corrected chi connectivity index (χ3v) is 7.35. The van der Waals surface area contributed by atoms with Crippen LogP contribution in [0.25, 0.3) is 5.57 Å². The molecule has 0 radical (unpaired) electrons. The van der Waals surface area contributed by atoms with Gasteiger partial charge in [0.25, 0.3) is 5.91 Å². The number of rotatable bonds is 6. The van der Waals surface area contributed by atoms with Gasteiger partial charge in [-0.15, -0.1) is 0 Å². The topological polar surface area (TPSA) is 131 Å². The maximum absolute atomic E-state index is 13.0. The number of aromatic amines is 1. The molecule has 1 aromatic heterocycles. The number of amides is 1. The number of H-pyrrole nitrogens is 1. The van der Waals surface area contributed by atoms with Crippen LogP contribution in [0, 0.1) is 16.7 Å². The van der Waals surface area contributed by atoms with Gasteiger partial charge >= 0.3 is 0 Å². The van der Waals surface area contributed by atoms with Crippen LogP contribution in [0.15, 0.2) is 30.5 Å². The fraction of sp³-hybridized carbons (Fsp3) is 0.536. The van der Waals surface area contributed by atoms with Crippen LogP contribution in [0.5, 0.6) is 0 Å². The molecule has 2 aromatic rings. The second kappa shape index (κ2) is 9.15. The predicted molar refractivity (Wildman–Crippen MR) is 135 cm³/mol. The van der Waals surface area contributed by atoms with Crippen molar-refractivity contribution in [2.24, 2.45) is 5.41 Å². The zero-order valence-electron chi connectivity index (χ0n) is 24.5. The van der Waals surface area contributed by atoms with E-state index >= 15 is 0 Å². The van der Waals surface area contributed by atoms with E-state index in [1.54, 1.807) is 18.2 Å². The number of nitriles is 1. The monoisotopic (exact) mass is 494 g/mol. The van der Waals surface area contributed by atoms with Gasteiger partial charge in [-0.3, -0.25) is 4.79 Å². The number of ether oxygens (including phenoxy) is 1. The number of anilines is 1. The highest BCUT2D eigenvalue weighted by atomic mass is 16.6. The molecule has 2 saturated heterocycles. The predicted octanol–water partition coefficient (Wildman–Crippen LogP) is 4.28. The first kappa shape index (κ1) is 20.1. The lowest BCUT2D eigenvalue weighted by Crippen LogP contribution is -2.47. The summed E-state index contributed by atoms with van der Waals surface area (Å²) in [6, 6.07) is 6.95. The molecule has 4 N–H and O–H groups in total. The average molecular weight is 495 g/mol. The Kier molecular flexibility index (Phi) is 5.11. The van der Waals surface area contributed by atoms with E-state index in [4.69, 9.17) is 14.1 Å². The van der Waals surface area contributed by atoms with E-state index in [-0.39, 0.29) is 23.4 Å². The van der Waals surface area contributed by atoms with Gasteiger partial charge < -0.3 is 25.3 Å². The van der Waals surface area contributed by atoms with E-state index in [1.807, 2.05) is 6.07 Å². The molecule has 2 bridgehead atoms. The van der Waals surface area contributed by atoms with Crippen molar-refractivity contribution in [3.05, 3.63) is 53.1 Å². The second-order valence-corrected chi connectivity index (χ2v) is 10.7. The van der Waals surface area contributed by atoms with Gasteiger partial charge in [0.15, 0.2) is 5.82 Å². The summed E-state index contributed by atoms with van der Waals surface area (Å²) in [5, 5.41) is 32.5. The molecule has 5 rings (SSSR count). The Bertz CT molecular complexity index is 1410. The van der Waals surface area contributed by atoms with Gasteiger partial charge in [0.05, 0.1) is 30.6 Å². The van der Waals surface area contributed by atoms with E-state index in [1.165, 1.54) is 6.20 Å². The van der Waals surface area contributed by atoms with E-state index in [0.29, 0.717) is 16.8 Å². The molecule has 2 aliphatic heterocycles. The van der Waals surface area contributed by atoms with E-state index < -0.39 is 55.4 Å². The number of aromatic nitrogens is 2. The number of aliphatic hydroxyl groups excluding tert-OH is 2. The van der Waals surface area contributed by atoms with Crippen molar-refractivity contribution in [3.8, 4) is 6.07 Å². The molecule has 0 spiro atoms. The van der Waals surface area contributed by atoms with Crippen molar-refractivity contribution >= 4 is 17.2 Å². The summed E-state index contributed by atoms with van der Waals surface area (Å²) in [5.41, 5.74) is -0.562. The lowest BCUT2D eigenvalue weighted by molar-refractivity contribution is -0.177. The molecule has 2 fully saturated rings. The molecule has 36 heavy (non-hydrogen) atoms. The summed E-state index contributed by atoms with van der Waals surface area (Å²) in [4.78, 5) is 19.6. The Labute approximate surface area is 217 Å². The van der Waals surface area contributed by atoms with Crippen molar-refractivity contribution in [1.29, 1.82) is 5.26 Å². The molecule has 190 valence electrons. The third-order valence-electron chi connectivity index (χ3n) is 7.35. The fourth-order valence-electron chi connectivity index (χ4n) is 5.15. The van der Waals surface area contributed by atoms with Crippen LogP contribution in [0.2, 0.25) is 0 Å². The van der Waals surface area contributed by atoms with Gasteiger partial charge in [0.1, 0.15) is 11.8 Å². The number of nitrogens with zero attached hydrogens (tertiary/aromatic N) is 2. The minimum Gasteiger partial charge on any atom is -0.393 e. The average Bonchev–Trinajstić information content (AvgIpc) is 3.50. The summed E-state index contributed by atoms with van der Waals surface area (Å²) >= 11 is 0. The maximum atomic E-state index is 13.0. The molecule has 1 amide bonds. The summed E-state index contributed by atoms with van der Waals surface area (Å²) in [6.07, 6.45) is 1.67. The first-order valence-corrected chi connectivity index (χ1v) is 12.1. The van der Waals surface area contributed by atoms with Gasteiger partial charge in [-0.25, -0.2) is 4.98 Å². The Hall–Kier alpha value is -2.99. The van der Waals surface area contributed by atoms with Crippen LogP contribution in [-0.2, 0) is 4.74 Å². The quantitative estimate of drug-likeness (QED) is 0.474. The van der Waals surface area contributed by atoms with Crippen molar-refractivity contribution in [1.82, 2.24) is 9.97 Å². The summed E-state index contributed by atoms with van der Waals surface area (Å²) in [7, 11) is 0. The molecule has 1 aliphatic carbocycles. The minimum atomic E-state index is -1.80. The Morgan fingerprint density at radius 1 is 1.36 bits per heavy atom. The zero-order chi connectivity index (χ0) is 29.1. The number of allylic oxidation sites excluding steroid dienone is 2. The first-order chi connectivity index (χ1) is 18.8. The smallest absolute Gasteiger partial charge is 0.291 e. The molecule has 8 nitrogen and oxygen atoms in total. The highest BCUT2D eigenvalue weighted by molar-refractivity contribution is 6.03. The normalized spacial score (nSPS) is 38.6. The number of carbonyl (C=O) groups excluding carboxylic acids is 1. The summed E-state index contributed by atoms with van der Waals surface area (Å²) in [6.45, 7) is 3.03. The zero-order valence-corrected chi connectivity index (χ0v) is 20.5. The standard InChI is InChI=1S/C28H34N4O4/c1-26(2)7-5-18(6-8-26)22-11-19(20-12-27(16-33)9-10-28(13-20,17-34)36-27)3-4-23(22)32-25(35)24-30-15-21(14-29)31-24/h3-5,11,15,20,33-34H,6-10,12-13,16-17H2,1-2H3,(H,30,31)(H,32,35)/i9D,10D,12D,20D. The van der Waals surface area contributed by atoms with Crippen LogP contribution < -0.4 is 5.32 Å². The van der Waals surface area contributed by atoms with Crippen molar-refractivity contribution < 1.29 is 25.2 Å². The van der Waals surface area contributed by atoms with Gasteiger partial charge in [-0.05, 0) is 79.5 Å². The number of carbonyl (C=O) groups is 1. The SMILES string of the molecule is [2H]C1C([2H])C2(CO)OC1(CO)CC([2H])(c1ccc(NC(=O)c3ncc(C#N)[nH]3)c(C3=CCC(C)(C)CC3)c1)C2[2H]. The van der Waals surface area contributed by atoms with E-state index in [2.05, 4.69) is 35.2 Å². The van der Waals surface area contributed by atoms with Crippen LogP contribution in [0.4, 0.5) is 5.69 Å². The molecule has 3 aliphatic rings. The lowest BCUT2D eigenvalue weighted by atomic mass is 9.75. The Morgan fingerprint density at radius 3 is 2.81 bits per heavy atom. The van der Waals surface area contributed by atoms with Gasteiger partial charge in [0.2, 0.25) is 0 Å².